The Morgan fingerprint density at radius 1 is 1.09 bits per heavy atom. The lowest BCUT2D eigenvalue weighted by molar-refractivity contribution is 1.09. The van der Waals surface area contributed by atoms with Crippen LogP contribution in [0, 0.1) is 6.92 Å². The third-order valence-corrected chi connectivity index (χ3v) is 5.98. The molecule has 0 N–H and O–H groups in total. The van der Waals surface area contributed by atoms with Crippen LogP contribution in [0.1, 0.15) is 21.8 Å². The lowest BCUT2D eigenvalue weighted by Crippen LogP contribution is -1.89. The van der Waals surface area contributed by atoms with E-state index in [9.17, 15) is 0 Å². The number of benzene rings is 2. The first-order valence-electron chi connectivity index (χ1n) is 7.17. The molecule has 118 valence electrons. The summed E-state index contributed by atoms with van der Waals surface area (Å²) in [6.45, 7) is 2.11. The van der Waals surface area contributed by atoms with Gasteiger partial charge in [0.2, 0.25) is 0 Å². The number of thioether (sulfide) groups is 1. The van der Waals surface area contributed by atoms with Gasteiger partial charge < -0.3 is 0 Å². The number of hydrogen-bond acceptors (Lipinski definition) is 3. The second-order valence-corrected chi connectivity index (χ2v) is 8.07. The van der Waals surface area contributed by atoms with Gasteiger partial charge in [0.1, 0.15) is 0 Å². The largest absolute Gasteiger partial charge is 0.245 e. The van der Waals surface area contributed by atoms with Gasteiger partial charge in [-0.1, -0.05) is 47.0 Å². The fraction of sp³-hybridized carbons (Fsp3) is 0.167. The Bertz CT molecular complexity index is 814. The Balaban J connectivity index is 1.62. The highest BCUT2D eigenvalue weighted by molar-refractivity contribution is 7.98. The van der Waals surface area contributed by atoms with Gasteiger partial charge in [0.05, 0.1) is 20.7 Å². The summed E-state index contributed by atoms with van der Waals surface area (Å²) < 4.78 is 0. The summed E-state index contributed by atoms with van der Waals surface area (Å²) in [4.78, 5) is 6.00. The molecular weight excluding hydrogens is 365 g/mol. The van der Waals surface area contributed by atoms with E-state index >= 15 is 0 Å². The van der Waals surface area contributed by atoms with Gasteiger partial charge in [0, 0.05) is 22.4 Å². The molecule has 5 heteroatoms. The number of rotatable bonds is 5. The number of halogens is 2. The van der Waals surface area contributed by atoms with E-state index in [1.165, 1.54) is 10.5 Å². The maximum absolute atomic E-state index is 6.06. The zero-order valence-electron chi connectivity index (χ0n) is 12.6. The van der Waals surface area contributed by atoms with Gasteiger partial charge in [0.15, 0.2) is 0 Å². The molecule has 1 aromatic heterocycles. The van der Waals surface area contributed by atoms with Crippen LogP contribution < -0.4 is 0 Å². The van der Waals surface area contributed by atoms with Gasteiger partial charge in [-0.25, -0.2) is 4.98 Å². The summed E-state index contributed by atoms with van der Waals surface area (Å²) in [5, 5.41) is 4.42. The predicted octanol–water partition coefficient (Wildman–Crippen LogP) is 6.64. The standard InChI is InChI=1S/C18H15Cl2NS2/c1-12-3-2-4-15(7-12)22-10-14-11-23-18(21-14)9-13-5-6-16(19)17(20)8-13/h2-8,11H,9-10H2,1H3. The first-order chi connectivity index (χ1) is 11.1. The van der Waals surface area contributed by atoms with Gasteiger partial charge in [-0.2, -0.15) is 0 Å². The minimum atomic E-state index is 0.588. The third kappa shape index (κ3) is 4.74. The molecule has 0 spiro atoms. The minimum absolute atomic E-state index is 0.588. The summed E-state index contributed by atoms with van der Waals surface area (Å²) in [5.41, 5.74) is 3.54. The lowest BCUT2D eigenvalue weighted by Gasteiger charge is -2.01. The van der Waals surface area contributed by atoms with E-state index in [1.54, 1.807) is 11.3 Å². The SMILES string of the molecule is Cc1cccc(SCc2csc(Cc3ccc(Cl)c(Cl)c3)n2)c1. The average Bonchev–Trinajstić information content (AvgIpc) is 2.97. The summed E-state index contributed by atoms with van der Waals surface area (Å²) in [7, 11) is 0. The van der Waals surface area contributed by atoms with Crippen LogP contribution in [0.5, 0.6) is 0 Å². The molecule has 0 aliphatic carbocycles. The van der Waals surface area contributed by atoms with E-state index in [4.69, 9.17) is 28.2 Å². The molecule has 0 saturated carbocycles. The van der Waals surface area contributed by atoms with Gasteiger partial charge in [-0.3, -0.25) is 0 Å². The molecule has 0 fully saturated rings. The Labute approximate surface area is 154 Å². The van der Waals surface area contributed by atoms with E-state index in [0.29, 0.717) is 10.0 Å². The Hall–Kier alpha value is -1.00. The van der Waals surface area contributed by atoms with Crippen LogP contribution in [0.15, 0.2) is 52.7 Å². The van der Waals surface area contributed by atoms with Crippen molar-refractivity contribution < 1.29 is 0 Å². The minimum Gasteiger partial charge on any atom is -0.245 e. The fourth-order valence-electron chi connectivity index (χ4n) is 2.18. The maximum atomic E-state index is 6.06. The van der Waals surface area contributed by atoms with E-state index in [-0.39, 0.29) is 0 Å². The van der Waals surface area contributed by atoms with Gasteiger partial charge in [-0.15, -0.1) is 23.1 Å². The van der Waals surface area contributed by atoms with Crippen LogP contribution in [0.3, 0.4) is 0 Å². The normalized spacial score (nSPS) is 10.9. The Kier molecular flexibility index (Phi) is 5.65. The molecule has 1 heterocycles. The van der Waals surface area contributed by atoms with Crippen LogP contribution in [0.25, 0.3) is 0 Å². The monoisotopic (exact) mass is 379 g/mol. The molecule has 0 bridgehead atoms. The van der Waals surface area contributed by atoms with Gasteiger partial charge >= 0.3 is 0 Å². The van der Waals surface area contributed by atoms with Crippen molar-refractivity contribution in [2.24, 2.45) is 0 Å². The van der Waals surface area contributed by atoms with Crippen LogP contribution in [-0.4, -0.2) is 4.98 Å². The number of aromatic nitrogens is 1. The molecule has 0 unspecified atom stereocenters. The predicted molar refractivity (Wildman–Crippen MR) is 102 cm³/mol. The van der Waals surface area contributed by atoms with Crippen molar-refractivity contribution in [1.82, 2.24) is 4.98 Å². The maximum Gasteiger partial charge on any atom is 0.0972 e. The van der Waals surface area contributed by atoms with Crippen LogP contribution in [-0.2, 0) is 12.2 Å². The van der Waals surface area contributed by atoms with Gasteiger partial charge in [-0.05, 0) is 36.8 Å². The molecule has 0 atom stereocenters. The molecule has 0 radical (unpaired) electrons. The molecule has 0 aliphatic rings. The highest BCUT2D eigenvalue weighted by atomic mass is 35.5. The van der Waals surface area contributed by atoms with Gasteiger partial charge in [0.25, 0.3) is 0 Å². The van der Waals surface area contributed by atoms with E-state index in [0.717, 1.165) is 28.4 Å². The molecule has 0 saturated heterocycles. The van der Waals surface area contributed by atoms with Crippen molar-refractivity contribution in [3.8, 4) is 0 Å². The molecule has 3 aromatic rings. The van der Waals surface area contributed by atoms with Crippen molar-refractivity contribution in [3.05, 3.63) is 79.7 Å². The first kappa shape index (κ1) is 16.8. The summed E-state index contributed by atoms with van der Waals surface area (Å²) >= 11 is 15.5. The quantitative estimate of drug-likeness (QED) is 0.460. The highest BCUT2D eigenvalue weighted by Crippen LogP contribution is 2.27. The van der Waals surface area contributed by atoms with Crippen molar-refractivity contribution >= 4 is 46.3 Å². The van der Waals surface area contributed by atoms with E-state index in [1.807, 2.05) is 30.0 Å². The molecule has 1 nitrogen and oxygen atoms in total. The molecule has 2 aromatic carbocycles. The molecular formula is C18H15Cl2NS2. The molecule has 0 aliphatic heterocycles. The van der Waals surface area contributed by atoms with Crippen LogP contribution in [0.2, 0.25) is 10.0 Å². The number of thiazole rings is 1. The van der Waals surface area contributed by atoms with Crippen LogP contribution in [0.4, 0.5) is 0 Å². The molecule has 0 amide bonds. The number of hydrogen-bond donors (Lipinski definition) is 0. The second-order valence-electron chi connectivity index (χ2n) is 5.26. The number of nitrogens with zero attached hydrogens (tertiary/aromatic N) is 1. The zero-order chi connectivity index (χ0) is 16.2. The van der Waals surface area contributed by atoms with Crippen molar-refractivity contribution in [3.63, 3.8) is 0 Å². The number of aryl methyl sites for hydroxylation is 1. The second kappa shape index (κ2) is 7.71. The lowest BCUT2D eigenvalue weighted by atomic mass is 10.2. The van der Waals surface area contributed by atoms with Crippen molar-refractivity contribution in [2.45, 2.75) is 24.0 Å². The summed E-state index contributed by atoms with van der Waals surface area (Å²) in [6.07, 6.45) is 0.788. The average molecular weight is 380 g/mol. The summed E-state index contributed by atoms with van der Waals surface area (Å²) in [6, 6.07) is 14.3. The van der Waals surface area contributed by atoms with Crippen LogP contribution >= 0.6 is 46.3 Å². The topological polar surface area (TPSA) is 12.9 Å². The summed E-state index contributed by atoms with van der Waals surface area (Å²) in [5.74, 6) is 0.890. The smallest absolute Gasteiger partial charge is 0.0972 e. The Morgan fingerprint density at radius 3 is 2.74 bits per heavy atom. The van der Waals surface area contributed by atoms with Crippen molar-refractivity contribution in [1.29, 1.82) is 0 Å². The van der Waals surface area contributed by atoms with E-state index in [2.05, 4.69) is 36.6 Å². The first-order valence-corrected chi connectivity index (χ1v) is 9.79. The van der Waals surface area contributed by atoms with Crippen molar-refractivity contribution in [2.75, 3.05) is 0 Å². The zero-order valence-corrected chi connectivity index (χ0v) is 15.7. The van der Waals surface area contributed by atoms with E-state index < -0.39 is 0 Å². The third-order valence-electron chi connectivity index (χ3n) is 3.31. The molecule has 3 rings (SSSR count). The Morgan fingerprint density at radius 2 is 1.96 bits per heavy atom. The fourth-order valence-corrected chi connectivity index (χ4v) is 4.34. The highest BCUT2D eigenvalue weighted by Gasteiger charge is 2.06. The molecule has 23 heavy (non-hydrogen) atoms.